The number of rotatable bonds is 3. The lowest BCUT2D eigenvalue weighted by atomic mass is 9.95. The molecule has 0 fully saturated rings. The topological polar surface area (TPSA) is 82.5 Å². The molecule has 23 heavy (non-hydrogen) atoms. The summed E-state index contributed by atoms with van der Waals surface area (Å²) in [5.41, 5.74) is 1.09. The van der Waals surface area contributed by atoms with E-state index in [-0.39, 0.29) is 11.3 Å². The van der Waals surface area contributed by atoms with Crippen molar-refractivity contribution < 1.29 is 19.1 Å². The molecule has 1 N–H and O–H groups in total. The van der Waals surface area contributed by atoms with Crippen LogP contribution in [-0.4, -0.2) is 35.7 Å². The van der Waals surface area contributed by atoms with Crippen molar-refractivity contribution in [1.82, 2.24) is 9.55 Å². The average Bonchev–Trinajstić information content (AvgIpc) is 3.07. The van der Waals surface area contributed by atoms with Crippen molar-refractivity contribution in [2.75, 3.05) is 19.5 Å². The number of methoxy groups -OCH3 is 2. The Labute approximate surface area is 132 Å². The van der Waals surface area contributed by atoms with E-state index in [1.54, 1.807) is 6.20 Å². The molecule has 0 amide bonds. The largest absolute Gasteiger partial charge is 0.466 e. The van der Waals surface area contributed by atoms with Gasteiger partial charge in [0.25, 0.3) is 0 Å². The van der Waals surface area contributed by atoms with E-state index in [9.17, 15) is 9.59 Å². The Balaban J connectivity index is 2.25. The monoisotopic (exact) mass is 313 g/mol. The van der Waals surface area contributed by atoms with E-state index in [0.717, 1.165) is 5.56 Å². The standard InChI is InChI=1S/C16H15N3O4/c1-22-15(20)12-13(10-6-4-3-5-7-10)18-11-8-17-9-19(11)14(12)16(21)23-2/h3-9,13,18H,1-2H3. The van der Waals surface area contributed by atoms with Crippen molar-refractivity contribution in [3.8, 4) is 0 Å². The van der Waals surface area contributed by atoms with Crippen LogP contribution in [0.15, 0.2) is 48.4 Å². The third kappa shape index (κ3) is 2.46. The van der Waals surface area contributed by atoms with Gasteiger partial charge in [-0.3, -0.25) is 4.57 Å². The van der Waals surface area contributed by atoms with Gasteiger partial charge in [-0.25, -0.2) is 14.6 Å². The maximum atomic E-state index is 12.4. The molecule has 0 saturated carbocycles. The molecule has 7 nitrogen and oxygen atoms in total. The van der Waals surface area contributed by atoms with Crippen LogP contribution in [0.1, 0.15) is 11.6 Å². The van der Waals surface area contributed by atoms with Crippen LogP contribution in [-0.2, 0) is 19.1 Å². The molecular formula is C16H15N3O4. The molecule has 118 valence electrons. The van der Waals surface area contributed by atoms with Gasteiger partial charge in [-0.1, -0.05) is 30.3 Å². The molecule has 1 aliphatic heterocycles. The molecular weight excluding hydrogens is 298 g/mol. The molecule has 7 heteroatoms. The summed E-state index contributed by atoms with van der Waals surface area (Å²) in [6.45, 7) is 0. The van der Waals surface area contributed by atoms with Gasteiger partial charge in [-0.05, 0) is 5.56 Å². The van der Waals surface area contributed by atoms with Gasteiger partial charge in [0.2, 0.25) is 0 Å². The van der Waals surface area contributed by atoms with Gasteiger partial charge in [0.1, 0.15) is 17.8 Å². The molecule has 1 aromatic carbocycles. The fourth-order valence-electron chi connectivity index (χ4n) is 2.59. The lowest BCUT2D eigenvalue weighted by Crippen LogP contribution is -2.30. The van der Waals surface area contributed by atoms with Crippen molar-refractivity contribution in [3.05, 3.63) is 54.0 Å². The third-order valence-electron chi connectivity index (χ3n) is 3.63. The first-order chi connectivity index (χ1) is 11.2. The maximum absolute atomic E-state index is 12.4. The van der Waals surface area contributed by atoms with Crippen LogP contribution >= 0.6 is 0 Å². The van der Waals surface area contributed by atoms with Gasteiger partial charge in [-0.15, -0.1) is 0 Å². The van der Waals surface area contributed by atoms with Crippen molar-refractivity contribution >= 4 is 23.5 Å². The number of benzene rings is 1. The van der Waals surface area contributed by atoms with E-state index in [0.29, 0.717) is 5.82 Å². The molecule has 0 bridgehead atoms. The number of ether oxygens (including phenoxy) is 2. The SMILES string of the molecule is COC(=O)C1=C(C(=O)OC)n2cncc2NC1c1ccccc1. The summed E-state index contributed by atoms with van der Waals surface area (Å²) in [6.07, 6.45) is 3.02. The molecule has 0 spiro atoms. The first kappa shape index (κ1) is 14.8. The van der Waals surface area contributed by atoms with Crippen LogP contribution in [0.4, 0.5) is 5.82 Å². The van der Waals surface area contributed by atoms with Crippen LogP contribution in [0.3, 0.4) is 0 Å². The number of fused-ring (bicyclic) bond motifs is 1. The summed E-state index contributed by atoms with van der Waals surface area (Å²) >= 11 is 0. The van der Waals surface area contributed by atoms with E-state index in [1.165, 1.54) is 25.1 Å². The zero-order valence-corrected chi connectivity index (χ0v) is 12.6. The Morgan fingerprint density at radius 1 is 1.13 bits per heavy atom. The zero-order chi connectivity index (χ0) is 16.4. The number of carbonyl (C=O) groups excluding carboxylic acids is 2. The van der Waals surface area contributed by atoms with E-state index < -0.39 is 18.0 Å². The zero-order valence-electron chi connectivity index (χ0n) is 12.6. The fourth-order valence-corrected chi connectivity index (χ4v) is 2.59. The van der Waals surface area contributed by atoms with Gasteiger partial charge in [0, 0.05) is 0 Å². The number of hydrogen-bond donors (Lipinski definition) is 1. The predicted octanol–water partition coefficient (Wildman–Crippen LogP) is 1.61. The lowest BCUT2D eigenvalue weighted by molar-refractivity contribution is -0.138. The van der Waals surface area contributed by atoms with Crippen LogP contribution in [0, 0.1) is 0 Å². The van der Waals surface area contributed by atoms with Gasteiger partial charge >= 0.3 is 11.9 Å². The molecule has 1 unspecified atom stereocenters. The maximum Gasteiger partial charge on any atom is 0.355 e. The quantitative estimate of drug-likeness (QED) is 0.867. The van der Waals surface area contributed by atoms with Crippen molar-refractivity contribution in [2.24, 2.45) is 0 Å². The van der Waals surface area contributed by atoms with Gasteiger partial charge in [0.05, 0.1) is 32.0 Å². The number of imidazole rings is 1. The summed E-state index contributed by atoms with van der Waals surface area (Å²) in [7, 11) is 2.54. The van der Waals surface area contributed by atoms with Crippen LogP contribution in [0.25, 0.3) is 5.70 Å². The van der Waals surface area contributed by atoms with Crippen LogP contribution in [0.2, 0.25) is 0 Å². The van der Waals surface area contributed by atoms with Crippen LogP contribution < -0.4 is 5.32 Å². The molecule has 0 saturated heterocycles. The molecule has 2 heterocycles. The molecule has 2 aromatic rings. The van der Waals surface area contributed by atoms with E-state index in [4.69, 9.17) is 9.47 Å². The Kier molecular flexibility index (Phi) is 3.84. The molecule has 0 aliphatic carbocycles. The number of esters is 2. The molecule has 1 aliphatic rings. The summed E-state index contributed by atoms with van der Waals surface area (Å²) in [4.78, 5) is 28.6. The molecule has 1 atom stereocenters. The highest BCUT2D eigenvalue weighted by Crippen LogP contribution is 2.36. The second-order valence-corrected chi connectivity index (χ2v) is 4.88. The van der Waals surface area contributed by atoms with Crippen molar-refractivity contribution in [2.45, 2.75) is 6.04 Å². The number of carbonyl (C=O) groups is 2. The Bertz CT molecular complexity index is 780. The van der Waals surface area contributed by atoms with E-state index in [1.807, 2.05) is 30.3 Å². The average molecular weight is 313 g/mol. The van der Waals surface area contributed by atoms with Crippen molar-refractivity contribution in [1.29, 1.82) is 0 Å². The summed E-state index contributed by atoms with van der Waals surface area (Å²) < 4.78 is 11.2. The highest BCUT2D eigenvalue weighted by molar-refractivity contribution is 6.19. The van der Waals surface area contributed by atoms with Crippen LogP contribution in [0.5, 0.6) is 0 Å². The Morgan fingerprint density at radius 2 is 1.83 bits per heavy atom. The lowest BCUT2D eigenvalue weighted by Gasteiger charge is -2.29. The first-order valence-corrected chi connectivity index (χ1v) is 6.92. The van der Waals surface area contributed by atoms with Gasteiger partial charge in [0.15, 0.2) is 0 Å². The summed E-state index contributed by atoms with van der Waals surface area (Å²) in [5.74, 6) is -0.648. The van der Waals surface area contributed by atoms with Gasteiger partial charge < -0.3 is 14.8 Å². The van der Waals surface area contributed by atoms with E-state index in [2.05, 4.69) is 10.3 Å². The summed E-state index contributed by atoms with van der Waals surface area (Å²) in [6, 6.07) is 8.77. The minimum atomic E-state index is -0.632. The Morgan fingerprint density at radius 3 is 2.48 bits per heavy atom. The van der Waals surface area contributed by atoms with E-state index >= 15 is 0 Å². The third-order valence-corrected chi connectivity index (χ3v) is 3.63. The minimum Gasteiger partial charge on any atom is -0.466 e. The molecule has 3 rings (SSSR count). The van der Waals surface area contributed by atoms with Crippen molar-refractivity contribution in [3.63, 3.8) is 0 Å². The molecule has 1 aromatic heterocycles. The minimum absolute atomic E-state index is 0.0967. The number of nitrogens with one attached hydrogen (secondary N) is 1. The Hall–Kier alpha value is -3.09. The smallest absolute Gasteiger partial charge is 0.355 e. The number of hydrogen-bond acceptors (Lipinski definition) is 6. The first-order valence-electron chi connectivity index (χ1n) is 6.92. The number of anilines is 1. The predicted molar refractivity (Wildman–Crippen MR) is 82.3 cm³/mol. The number of aromatic nitrogens is 2. The second-order valence-electron chi connectivity index (χ2n) is 4.88. The molecule has 0 radical (unpaired) electrons. The number of nitrogens with zero attached hydrogens (tertiary/aromatic N) is 2. The fraction of sp³-hybridized carbons (Fsp3) is 0.188. The second kappa shape index (κ2) is 5.96. The highest BCUT2D eigenvalue weighted by atomic mass is 16.5. The normalized spacial score (nSPS) is 16.3. The van der Waals surface area contributed by atoms with Gasteiger partial charge in [-0.2, -0.15) is 0 Å². The highest BCUT2D eigenvalue weighted by Gasteiger charge is 2.36. The summed E-state index contributed by atoms with van der Waals surface area (Å²) in [5, 5.41) is 3.20.